The molecule has 1 fully saturated rings. The fourth-order valence-corrected chi connectivity index (χ4v) is 3.22. The van der Waals surface area contributed by atoms with Gasteiger partial charge in [0.15, 0.2) is 17.3 Å². The molecule has 1 atom stereocenters. The van der Waals surface area contributed by atoms with Gasteiger partial charge < -0.3 is 0 Å². The van der Waals surface area contributed by atoms with E-state index in [1.54, 1.807) is 17.8 Å². The fourth-order valence-electron chi connectivity index (χ4n) is 3.22. The minimum absolute atomic E-state index is 0.235. The number of carbonyl (C=O) groups is 1. The Labute approximate surface area is 149 Å². The lowest BCUT2D eigenvalue weighted by Gasteiger charge is -2.11. The minimum Gasteiger partial charge on any atom is -0.292 e. The van der Waals surface area contributed by atoms with Crippen LogP contribution in [-0.4, -0.2) is 25.5 Å². The molecule has 1 aliphatic carbocycles. The molecular weight excluding hydrogens is 333 g/mol. The van der Waals surface area contributed by atoms with Gasteiger partial charge in [-0.05, 0) is 38.0 Å². The first-order chi connectivity index (χ1) is 12.5. The van der Waals surface area contributed by atoms with E-state index in [1.807, 2.05) is 13.0 Å². The highest BCUT2D eigenvalue weighted by atomic mass is 19.1. The van der Waals surface area contributed by atoms with Gasteiger partial charge in [0.25, 0.3) is 0 Å². The molecule has 0 bridgehead atoms. The quantitative estimate of drug-likeness (QED) is 0.676. The van der Waals surface area contributed by atoms with Crippen molar-refractivity contribution in [2.45, 2.75) is 31.6 Å². The van der Waals surface area contributed by atoms with E-state index in [1.165, 1.54) is 12.1 Å². The summed E-state index contributed by atoms with van der Waals surface area (Å²) in [6, 6.07) is 6.37. The third-order valence-corrected chi connectivity index (χ3v) is 4.69. The van der Waals surface area contributed by atoms with Gasteiger partial charge in [0, 0.05) is 24.2 Å². The summed E-state index contributed by atoms with van der Waals surface area (Å²) in [5, 5.41) is 14.6. The lowest BCUT2D eigenvalue weighted by molar-refractivity contribution is 0.0979. The average Bonchev–Trinajstić information content (AvgIpc) is 3.43. The van der Waals surface area contributed by atoms with E-state index in [4.69, 9.17) is 0 Å². The van der Waals surface area contributed by atoms with Crippen LogP contribution in [0.25, 0.3) is 11.0 Å². The number of carbonyl (C=O) groups excluding carboxylic acids is 1. The summed E-state index contributed by atoms with van der Waals surface area (Å²) in [6.07, 6.45) is 3.11. The van der Waals surface area contributed by atoms with E-state index in [9.17, 15) is 14.4 Å². The number of halogens is 1. The van der Waals surface area contributed by atoms with E-state index in [0.717, 1.165) is 24.7 Å². The molecule has 4 rings (SSSR count). The molecule has 3 heterocycles. The number of hydrogen-bond acceptors (Lipinski definition) is 5. The van der Waals surface area contributed by atoms with Gasteiger partial charge in [-0.15, -0.1) is 0 Å². The maximum absolute atomic E-state index is 13.2. The summed E-state index contributed by atoms with van der Waals surface area (Å²) in [6.45, 7) is 1.81. The van der Waals surface area contributed by atoms with E-state index < -0.39 is 11.7 Å². The molecule has 0 saturated heterocycles. The smallest absolute Gasteiger partial charge is 0.186 e. The summed E-state index contributed by atoms with van der Waals surface area (Å²) in [5.74, 6) is -1.63. The maximum atomic E-state index is 13.2. The Balaban J connectivity index is 1.87. The van der Waals surface area contributed by atoms with Crippen LogP contribution in [0.3, 0.4) is 0 Å². The maximum Gasteiger partial charge on any atom is 0.186 e. The molecular formula is C19H16FN5O. The Morgan fingerprint density at radius 2 is 2.19 bits per heavy atom. The number of fused-ring (bicyclic) bond motifs is 1. The average molecular weight is 349 g/mol. The molecule has 0 radical (unpaired) electrons. The molecule has 1 aliphatic rings. The molecule has 0 aliphatic heterocycles. The normalized spacial score (nSPS) is 15.0. The minimum atomic E-state index is -1.10. The Morgan fingerprint density at radius 1 is 1.42 bits per heavy atom. The van der Waals surface area contributed by atoms with E-state index in [0.29, 0.717) is 28.2 Å². The molecule has 1 saturated carbocycles. The van der Waals surface area contributed by atoms with E-state index >= 15 is 0 Å². The van der Waals surface area contributed by atoms with Gasteiger partial charge in [0.2, 0.25) is 0 Å². The van der Waals surface area contributed by atoms with Gasteiger partial charge >= 0.3 is 0 Å². The first-order valence-electron chi connectivity index (χ1n) is 8.39. The molecule has 3 aromatic rings. The highest BCUT2D eigenvalue weighted by Crippen LogP contribution is 2.41. The van der Waals surface area contributed by atoms with Gasteiger partial charge in [0.05, 0.1) is 29.0 Å². The number of aryl methyl sites for hydroxylation is 2. The van der Waals surface area contributed by atoms with Crippen molar-refractivity contribution < 1.29 is 9.18 Å². The topological polar surface area (TPSA) is 84.5 Å². The van der Waals surface area contributed by atoms with Gasteiger partial charge in [-0.25, -0.2) is 9.37 Å². The fraction of sp³-hybridized carbons (Fsp3) is 0.316. The standard InChI is InChI=1S/C19H16FN5O/c1-10-17-13(7-16(11-3-4-11)23-19(17)25(2)24-10)18(26)14(8-21)15-6-5-12(20)9-22-15/h5-7,9,11,14H,3-4H2,1-2H3/t14-/m1/s1. The molecule has 7 heteroatoms. The number of pyridine rings is 2. The largest absolute Gasteiger partial charge is 0.292 e. The van der Waals surface area contributed by atoms with Crippen molar-refractivity contribution in [1.29, 1.82) is 5.26 Å². The zero-order chi connectivity index (χ0) is 18.4. The first kappa shape index (κ1) is 16.3. The third kappa shape index (κ3) is 2.64. The zero-order valence-corrected chi connectivity index (χ0v) is 14.4. The van der Waals surface area contributed by atoms with Crippen LogP contribution in [0.5, 0.6) is 0 Å². The lowest BCUT2D eigenvalue weighted by atomic mass is 9.92. The van der Waals surface area contributed by atoms with Gasteiger partial charge in [-0.3, -0.25) is 14.5 Å². The molecule has 0 spiro atoms. The van der Waals surface area contributed by atoms with Crippen molar-refractivity contribution in [2.75, 3.05) is 0 Å². The predicted octanol–water partition coefficient (Wildman–Crippen LogP) is 3.18. The van der Waals surface area contributed by atoms with Crippen LogP contribution in [0.4, 0.5) is 4.39 Å². The van der Waals surface area contributed by atoms with E-state index in [-0.39, 0.29) is 11.5 Å². The molecule has 130 valence electrons. The Kier molecular flexibility index (Phi) is 3.76. The van der Waals surface area contributed by atoms with Crippen LogP contribution in [-0.2, 0) is 7.05 Å². The van der Waals surface area contributed by atoms with Crippen molar-refractivity contribution in [1.82, 2.24) is 19.7 Å². The number of aromatic nitrogens is 4. The van der Waals surface area contributed by atoms with Gasteiger partial charge in [-0.1, -0.05) is 0 Å². The van der Waals surface area contributed by atoms with Crippen LogP contribution in [0.1, 0.15) is 52.1 Å². The van der Waals surface area contributed by atoms with Crippen LogP contribution >= 0.6 is 0 Å². The Hall–Kier alpha value is -3.14. The van der Waals surface area contributed by atoms with Crippen molar-refractivity contribution in [3.63, 3.8) is 0 Å². The number of nitriles is 1. The Morgan fingerprint density at radius 3 is 2.81 bits per heavy atom. The molecule has 3 aromatic heterocycles. The number of rotatable bonds is 4. The molecule has 26 heavy (non-hydrogen) atoms. The third-order valence-electron chi connectivity index (χ3n) is 4.69. The zero-order valence-electron chi connectivity index (χ0n) is 14.4. The van der Waals surface area contributed by atoms with Crippen molar-refractivity contribution in [2.24, 2.45) is 7.05 Å². The van der Waals surface area contributed by atoms with Crippen LogP contribution in [0, 0.1) is 24.1 Å². The highest BCUT2D eigenvalue weighted by Gasteiger charge is 2.31. The monoisotopic (exact) mass is 349 g/mol. The Bertz CT molecular complexity index is 1060. The highest BCUT2D eigenvalue weighted by molar-refractivity contribution is 6.11. The molecule has 0 amide bonds. The summed E-state index contributed by atoms with van der Waals surface area (Å²) in [7, 11) is 1.79. The number of ketones is 1. The van der Waals surface area contributed by atoms with Crippen molar-refractivity contribution in [3.05, 3.63) is 52.9 Å². The molecule has 6 nitrogen and oxygen atoms in total. The molecule has 0 aromatic carbocycles. The summed E-state index contributed by atoms with van der Waals surface area (Å²) in [4.78, 5) is 21.8. The number of hydrogen-bond donors (Lipinski definition) is 0. The van der Waals surface area contributed by atoms with Crippen molar-refractivity contribution in [3.8, 4) is 6.07 Å². The van der Waals surface area contributed by atoms with Crippen LogP contribution in [0.2, 0.25) is 0 Å². The van der Waals surface area contributed by atoms with Crippen molar-refractivity contribution >= 4 is 16.8 Å². The van der Waals surface area contributed by atoms with Crippen LogP contribution < -0.4 is 0 Å². The SMILES string of the molecule is Cc1nn(C)c2nc(C3CC3)cc(C(=O)[C@H](C#N)c3ccc(F)cn3)c12. The second kappa shape index (κ2) is 5.99. The first-order valence-corrected chi connectivity index (χ1v) is 8.39. The second-order valence-corrected chi connectivity index (χ2v) is 6.60. The molecule has 0 unspecified atom stereocenters. The van der Waals surface area contributed by atoms with Gasteiger partial charge in [-0.2, -0.15) is 10.4 Å². The number of nitrogens with zero attached hydrogens (tertiary/aromatic N) is 5. The molecule has 0 N–H and O–H groups in total. The number of Topliss-reactive ketones (excluding diaryl/α,β-unsaturated/α-hetero) is 1. The predicted molar refractivity (Wildman–Crippen MR) is 92.1 cm³/mol. The summed E-state index contributed by atoms with van der Waals surface area (Å²) >= 11 is 0. The summed E-state index contributed by atoms with van der Waals surface area (Å²) in [5.41, 5.74) is 2.84. The van der Waals surface area contributed by atoms with Crippen LogP contribution in [0.15, 0.2) is 24.4 Å². The second-order valence-electron chi connectivity index (χ2n) is 6.60. The van der Waals surface area contributed by atoms with E-state index in [2.05, 4.69) is 15.1 Å². The summed E-state index contributed by atoms with van der Waals surface area (Å²) < 4.78 is 14.8. The van der Waals surface area contributed by atoms with Gasteiger partial charge in [0.1, 0.15) is 5.82 Å². The lowest BCUT2D eigenvalue weighted by Crippen LogP contribution is -2.14.